The third-order valence-corrected chi connectivity index (χ3v) is 3.84. The van der Waals surface area contributed by atoms with Gasteiger partial charge in [0.2, 0.25) is 0 Å². The quantitative estimate of drug-likeness (QED) is 0.713. The van der Waals surface area contributed by atoms with Gasteiger partial charge in [-0.1, -0.05) is 24.3 Å². The fourth-order valence-corrected chi connectivity index (χ4v) is 2.82. The van der Waals surface area contributed by atoms with Crippen LogP contribution in [0.1, 0.15) is 5.69 Å². The van der Waals surface area contributed by atoms with Crippen LogP contribution in [0.3, 0.4) is 0 Å². The molecule has 0 fully saturated rings. The van der Waals surface area contributed by atoms with Gasteiger partial charge in [0.05, 0.1) is 10.7 Å². The molecule has 118 valence electrons. The molecule has 3 rings (SSSR count). The summed E-state index contributed by atoms with van der Waals surface area (Å²) in [5, 5.41) is 48.3. The summed E-state index contributed by atoms with van der Waals surface area (Å²) in [5.74, 6) is 0.369. The van der Waals surface area contributed by atoms with Crippen LogP contribution in [0, 0.1) is 56.7 Å². The van der Waals surface area contributed by atoms with Gasteiger partial charge in [-0.25, -0.2) is 0 Å². The van der Waals surface area contributed by atoms with Crippen molar-refractivity contribution < 1.29 is 0 Å². The Balaban J connectivity index is 2.79. The molecule has 26 heavy (non-hydrogen) atoms. The van der Waals surface area contributed by atoms with E-state index in [1.54, 1.807) is 30.3 Å². The summed E-state index contributed by atoms with van der Waals surface area (Å²) in [6.07, 6.45) is 0. The molecule has 0 atom stereocenters. The van der Waals surface area contributed by atoms with Crippen LogP contribution >= 0.6 is 0 Å². The second-order valence-electron chi connectivity index (χ2n) is 5.14. The van der Waals surface area contributed by atoms with Crippen molar-refractivity contribution in [2.24, 2.45) is 0 Å². The van der Waals surface area contributed by atoms with Gasteiger partial charge in [-0.3, -0.25) is 4.57 Å². The van der Waals surface area contributed by atoms with Gasteiger partial charge in [-0.2, -0.15) is 26.3 Å². The molecule has 7 nitrogen and oxygen atoms in total. The molecule has 7 heteroatoms. The Morgan fingerprint density at radius 2 is 1.23 bits per heavy atom. The van der Waals surface area contributed by atoms with Crippen LogP contribution in [0.5, 0.6) is 0 Å². The Bertz CT molecular complexity index is 1270. The number of H-pyrrole nitrogens is 1. The van der Waals surface area contributed by atoms with Crippen molar-refractivity contribution in [3.63, 3.8) is 0 Å². The third-order valence-electron chi connectivity index (χ3n) is 3.84. The molecular weight excluding hydrogens is 326 g/mol. The molecule has 1 aromatic carbocycles. The Labute approximate surface area is 147 Å². The van der Waals surface area contributed by atoms with Crippen LogP contribution in [0.2, 0.25) is 0 Å². The van der Waals surface area contributed by atoms with Gasteiger partial charge in [0.1, 0.15) is 41.9 Å². The van der Waals surface area contributed by atoms with E-state index in [9.17, 15) is 21.0 Å². The lowest BCUT2D eigenvalue weighted by Gasteiger charge is -2.02. The molecule has 0 aliphatic rings. The standard InChI is InChI=1S/C19H7N7/c20-7-12(8-21)18-15-3-1-2-4-16(15)19(13(9-22)10-23)26(18)17-6-5-14(11-24)25-17/h1-6,25H. The van der Waals surface area contributed by atoms with E-state index in [0.717, 1.165) is 0 Å². The monoisotopic (exact) mass is 333 g/mol. The molecule has 3 aromatic rings. The topological polar surface area (TPSA) is 140 Å². The fraction of sp³-hybridized carbons (Fsp3) is 0. The number of aromatic amines is 1. The van der Waals surface area contributed by atoms with E-state index in [4.69, 9.17) is 5.26 Å². The van der Waals surface area contributed by atoms with E-state index in [0.29, 0.717) is 16.6 Å². The van der Waals surface area contributed by atoms with E-state index in [2.05, 4.69) is 4.98 Å². The number of rotatable bonds is 1. The average molecular weight is 333 g/mol. The van der Waals surface area contributed by atoms with Crippen LogP contribution in [-0.2, 0) is 0 Å². The Morgan fingerprint density at radius 1 is 0.731 bits per heavy atom. The minimum Gasteiger partial charge on any atom is -0.333 e. The number of nitrogens with zero attached hydrogens (tertiary/aromatic N) is 6. The minimum absolute atomic E-state index is 0.171. The van der Waals surface area contributed by atoms with Gasteiger partial charge in [-0.05, 0) is 12.1 Å². The normalized spacial score (nSPS) is 9.35. The van der Waals surface area contributed by atoms with Crippen LogP contribution in [0.25, 0.3) is 27.7 Å². The maximum atomic E-state index is 9.40. The van der Waals surface area contributed by atoms with E-state index >= 15 is 0 Å². The first-order chi connectivity index (χ1) is 12.7. The highest BCUT2D eigenvalue weighted by Gasteiger charge is 2.16. The highest BCUT2D eigenvalue weighted by atomic mass is 15.1. The van der Waals surface area contributed by atoms with Crippen molar-refractivity contribution in [3.8, 4) is 36.2 Å². The first-order valence-corrected chi connectivity index (χ1v) is 7.28. The summed E-state index contributed by atoms with van der Waals surface area (Å²) in [6, 6.07) is 19.4. The number of nitriles is 5. The zero-order valence-electron chi connectivity index (χ0n) is 13.1. The van der Waals surface area contributed by atoms with Crippen LogP contribution in [0.15, 0.2) is 36.4 Å². The van der Waals surface area contributed by atoms with Crippen molar-refractivity contribution in [1.29, 1.82) is 26.3 Å². The third kappa shape index (κ3) is 2.26. The second kappa shape index (κ2) is 6.38. The zero-order valence-corrected chi connectivity index (χ0v) is 13.1. The second-order valence-corrected chi connectivity index (χ2v) is 5.14. The van der Waals surface area contributed by atoms with Crippen molar-refractivity contribution in [2.75, 3.05) is 0 Å². The summed E-state index contributed by atoms with van der Waals surface area (Å²) in [7, 11) is 0. The molecule has 0 saturated heterocycles. The first-order valence-electron chi connectivity index (χ1n) is 7.28. The van der Waals surface area contributed by atoms with E-state index in [1.165, 1.54) is 10.6 Å². The number of nitrogens with one attached hydrogen (secondary N) is 1. The smallest absolute Gasteiger partial charge is 0.154 e. The number of aromatic nitrogens is 2. The van der Waals surface area contributed by atoms with Gasteiger partial charge < -0.3 is 4.98 Å². The van der Waals surface area contributed by atoms with Crippen molar-refractivity contribution >= 4 is 21.9 Å². The number of fused-ring (bicyclic) bond motifs is 1. The molecule has 2 aromatic heterocycles. The van der Waals surface area contributed by atoms with Crippen molar-refractivity contribution in [2.45, 2.75) is 0 Å². The summed E-state index contributed by atoms with van der Waals surface area (Å²) in [4.78, 5) is 2.86. The maximum Gasteiger partial charge on any atom is 0.154 e. The summed E-state index contributed by atoms with van der Waals surface area (Å²) < 4.78 is 1.47. The molecule has 0 saturated carbocycles. The number of hydrogen-bond donors (Lipinski definition) is 1. The molecule has 1 N–H and O–H groups in total. The average Bonchev–Trinajstić information content (AvgIpc) is 3.27. The van der Waals surface area contributed by atoms with E-state index in [1.807, 2.05) is 30.3 Å². The zero-order chi connectivity index (χ0) is 18.7. The lowest BCUT2D eigenvalue weighted by Crippen LogP contribution is -2.28. The Kier molecular flexibility index (Phi) is 3.95. The largest absolute Gasteiger partial charge is 0.333 e. The molecule has 0 aliphatic carbocycles. The summed E-state index contributed by atoms with van der Waals surface area (Å²) >= 11 is 0. The first kappa shape index (κ1) is 16.1. The molecule has 0 amide bonds. The van der Waals surface area contributed by atoms with Crippen molar-refractivity contribution in [1.82, 2.24) is 9.55 Å². The van der Waals surface area contributed by atoms with Gasteiger partial charge in [0.15, 0.2) is 11.1 Å². The lowest BCUT2D eigenvalue weighted by molar-refractivity contribution is 0.957. The summed E-state index contributed by atoms with van der Waals surface area (Å²) in [6.45, 7) is 0. The highest BCUT2D eigenvalue weighted by Crippen LogP contribution is 2.13. The molecule has 0 bridgehead atoms. The molecule has 0 unspecified atom stereocenters. The summed E-state index contributed by atoms with van der Waals surface area (Å²) in [5.41, 5.74) is -0.0767. The van der Waals surface area contributed by atoms with Crippen molar-refractivity contribution in [3.05, 3.63) is 52.8 Å². The Hall–Kier alpha value is -4.77. The van der Waals surface area contributed by atoms with Crippen LogP contribution in [0.4, 0.5) is 0 Å². The molecular formula is C19H7N7. The van der Waals surface area contributed by atoms with Gasteiger partial charge in [0, 0.05) is 10.8 Å². The molecule has 0 aliphatic heterocycles. The van der Waals surface area contributed by atoms with E-state index in [-0.39, 0.29) is 27.5 Å². The molecule has 0 spiro atoms. The maximum absolute atomic E-state index is 9.40. The van der Waals surface area contributed by atoms with Gasteiger partial charge >= 0.3 is 0 Å². The fourth-order valence-electron chi connectivity index (χ4n) is 2.82. The van der Waals surface area contributed by atoms with E-state index < -0.39 is 0 Å². The van der Waals surface area contributed by atoms with Crippen LogP contribution < -0.4 is 10.7 Å². The van der Waals surface area contributed by atoms with Gasteiger partial charge in [0.25, 0.3) is 0 Å². The van der Waals surface area contributed by atoms with Crippen LogP contribution in [-0.4, -0.2) is 9.55 Å². The lowest BCUT2D eigenvalue weighted by atomic mass is 10.1. The highest BCUT2D eigenvalue weighted by molar-refractivity contribution is 5.93. The predicted octanol–water partition coefficient (Wildman–Crippen LogP) is 1.23. The predicted molar refractivity (Wildman–Crippen MR) is 90.9 cm³/mol. The SMILES string of the molecule is N#CC(C#N)=c1c2ccccc2c(=C(C#N)C#N)n1-c1ccc(C#N)[nH]1. The molecule has 0 radical (unpaired) electrons. The molecule has 2 heterocycles. The number of benzene rings is 1. The number of hydrogen-bond acceptors (Lipinski definition) is 5. The minimum atomic E-state index is -0.171. The Morgan fingerprint density at radius 3 is 1.62 bits per heavy atom. The van der Waals surface area contributed by atoms with Gasteiger partial charge in [-0.15, -0.1) is 0 Å².